The van der Waals surface area contributed by atoms with Crippen molar-refractivity contribution in [3.05, 3.63) is 65.0 Å². The number of nitrogens with one attached hydrogen (secondary N) is 1. The number of hydrogen-bond acceptors (Lipinski definition) is 5. The predicted molar refractivity (Wildman–Crippen MR) is 98.2 cm³/mol. The highest BCUT2D eigenvalue weighted by Gasteiger charge is 2.10. The van der Waals surface area contributed by atoms with E-state index in [4.69, 9.17) is 9.26 Å². The number of carbonyl (C=O) groups is 1. The number of amides is 1. The van der Waals surface area contributed by atoms with Crippen LogP contribution in [-0.2, 0) is 6.42 Å². The summed E-state index contributed by atoms with van der Waals surface area (Å²) in [6.45, 7) is 4.44. The summed E-state index contributed by atoms with van der Waals surface area (Å²) in [6.07, 6.45) is 0.472. The molecule has 0 aliphatic heterocycles. The van der Waals surface area contributed by atoms with Gasteiger partial charge in [0.25, 0.3) is 5.91 Å². The van der Waals surface area contributed by atoms with E-state index in [-0.39, 0.29) is 5.91 Å². The summed E-state index contributed by atoms with van der Waals surface area (Å²) in [4.78, 5) is 16.6. The van der Waals surface area contributed by atoms with Crippen LogP contribution in [0.15, 0.2) is 47.0 Å². The molecule has 6 heteroatoms. The molecule has 0 atom stereocenters. The number of hydrogen-bond donors (Lipinski definition) is 1. The van der Waals surface area contributed by atoms with Crippen molar-refractivity contribution in [1.29, 1.82) is 0 Å². The first-order valence-electron chi connectivity index (χ1n) is 8.39. The van der Waals surface area contributed by atoms with Crippen molar-refractivity contribution in [2.24, 2.45) is 0 Å². The molecule has 0 saturated heterocycles. The van der Waals surface area contributed by atoms with Crippen LogP contribution in [0.4, 0.5) is 0 Å². The lowest BCUT2D eigenvalue weighted by atomic mass is 10.1. The minimum absolute atomic E-state index is 0.108. The van der Waals surface area contributed by atoms with Gasteiger partial charge in [-0.2, -0.15) is 4.98 Å². The lowest BCUT2D eigenvalue weighted by Gasteiger charge is -2.06. The van der Waals surface area contributed by atoms with E-state index in [1.54, 1.807) is 7.11 Å². The molecular weight excluding hydrogens is 330 g/mol. The van der Waals surface area contributed by atoms with Crippen LogP contribution in [0.1, 0.15) is 27.4 Å². The molecule has 0 saturated carbocycles. The van der Waals surface area contributed by atoms with Gasteiger partial charge in [-0.05, 0) is 61.4 Å². The fraction of sp³-hybridized carbons (Fsp3) is 0.250. The van der Waals surface area contributed by atoms with Gasteiger partial charge in [0.1, 0.15) is 5.75 Å². The van der Waals surface area contributed by atoms with E-state index >= 15 is 0 Å². The van der Waals surface area contributed by atoms with E-state index in [1.165, 1.54) is 5.56 Å². The summed E-state index contributed by atoms with van der Waals surface area (Å²) in [5.41, 5.74) is 3.76. The molecule has 1 N–H and O–H groups in total. The van der Waals surface area contributed by atoms with E-state index in [0.717, 1.165) is 16.9 Å². The van der Waals surface area contributed by atoms with Crippen molar-refractivity contribution in [3.63, 3.8) is 0 Å². The lowest BCUT2D eigenvalue weighted by molar-refractivity contribution is 0.0953. The molecule has 0 radical (unpaired) electrons. The molecular formula is C20H21N3O3. The summed E-state index contributed by atoms with van der Waals surface area (Å²) in [5, 5.41) is 6.85. The van der Waals surface area contributed by atoms with Gasteiger partial charge < -0.3 is 14.6 Å². The van der Waals surface area contributed by atoms with Crippen LogP contribution in [0, 0.1) is 13.8 Å². The second kappa shape index (κ2) is 7.82. The van der Waals surface area contributed by atoms with E-state index in [1.807, 2.05) is 56.3 Å². The van der Waals surface area contributed by atoms with E-state index in [9.17, 15) is 4.79 Å². The highest BCUT2D eigenvalue weighted by molar-refractivity contribution is 5.94. The normalized spacial score (nSPS) is 10.6. The van der Waals surface area contributed by atoms with Gasteiger partial charge in [-0.25, -0.2) is 0 Å². The zero-order chi connectivity index (χ0) is 18.5. The molecule has 0 bridgehead atoms. The van der Waals surface area contributed by atoms with Crippen LogP contribution in [0.25, 0.3) is 11.4 Å². The van der Waals surface area contributed by atoms with E-state index in [0.29, 0.717) is 30.2 Å². The van der Waals surface area contributed by atoms with Crippen LogP contribution < -0.4 is 10.1 Å². The van der Waals surface area contributed by atoms with Gasteiger partial charge in [0.15, 0.2) is 0 Å². The minimum atomic E-state index is -0.108. The van der Waals surface area contributed by atoms with Gasteiger partial charge in [-0.3, -0.25) is 4.79 Å². The third kappa shape index (κ3) is 4.08. The monoisotopic (exact) mass is 351 g/mol. The minimum Gasteiger partial charge on any atom is -0.497 e. The number of aromatic nitrogens is 2. The summed E-state index contributed by atoms with van der Waals surface area (Å²) in [5.74, 6) is 1.66. The molecule has 3 rings (SSSR count). The van der Waals surface area contributed by atoms with Gasteiger partial charge in [0, 0.05) is 24.1 Å². The molecule has 0 spiro atoms. The lowest BCUT2D eigenvalue weighted by Crippen LogP contribution is -2.25. The predicted octanol–water partition coefficient (Wildman–Crippen LogP) is 3.33. The first-order valence-corrected chi connectivity index (χ1v) is 8.39. The Morgan fingerprint density at radius 3 is 2.58 bits per heavy atom. The van der Waals surface area contributed by atoms with Crippen molar-refractivity contribution in [1.82, 2.24) is 15.5 Å². The Bertz CT molecular complexity index is 901. The Balaban J connectivity index is 1.56. The quantitative estimate of drug-likeness (QED) is 0.737. The summed E-state index contributed by atoms with van der Waals surface area (Å²) in [7, 11) is 1.62. The Morgan fingerprint density at radius 1 is 1.12 bits per heavy atom. The van der Waals surface area contributed by atoms with Gasteiger partial charge >= 0.3 is 0 Å². The second-order valence-electron chi connectivity index (χ2n) is 6.05. The second-order valence-corrected chi connectivity index (χ2v) is 6.05. The molecule has 1 amide bonds. The summed E-state index contributed by atoms with van der Waals surface area (Å²) in [6, 6.07) is 13.1. The average molecular weight is 351 g/mol. The van der Waals surface area contributed by atoms with Crippen LogP contribution >= 0.6 is 0 Å². The molecule has 1 aromatic heterocycles. The maximum atomic E-state index is 12.2. The van der Waals surface area contributed by atoms with Gasteiger partial charge in [0.05, 0.1) is 7.11 Å². The number of aryl methyl sites for hydroxylation is 2. The zero-order valence-electron chi connectivity index (χ0n) is 15.1. The molecule has 3 aromatic rings. The van der Waals surface area contributed by atoms with E-state index < -0.39 is 0 Å². The van der Waals surface area contributed by atoms with Gasteiger partial charge in [-0.15, -0.1) is 0 Å². The number of ether oxygens (including phenoxy) is 1. The molecule has 6 nitrogen and oxygen atoms in total. The maximum Gasteiger partial charge on any atom is 0.251 e. The maximum absolute atomic E-state index is 12.2. The Morgan fingerprint density at radius 2 is 1.88 bits per heavy atom. The Kier molecular flexibility index (Phi) is 5.31. The standard InChI is InChI=1S/C20H21N3O3/c1-13-4-5-16(12-14(13)2)20(24)21-11-10-18-22-19(23-26-18)15-6-8-17(25-3)9-7-15/h4-9,12H,10-11H2,1-3H3,(H,21,24). The fourth-order valence-corrected chi connectivity index (χ4v) is 2.48. The van der Waals surface area contributed by atoms with Crippen LogP contribution in [0.3, 0.4) is 0 Å². The average Bonchev–Trinajstić information content (AvgIpc) is 3.13. The third-order valence-electron chi connectivity index (χ3n) is 4.21. The number of rotatable bonds is 6. The summed E-state index contributed by atoms with van der Waals surface area (Å²) < 4.78 is 10.4. The summed E-state index contributed by atoms with van der Waals surface area (Å²) >= 11 is 0. The molecule has 0 aliphatic rings. The Hall–Kier alpha value is -3.15. The van der Waals surface area contributed by atoms with Gasteiger partial charge in [-0.1, -0.05) is 11.2 Å². The molecule has 2 aromatic carbocycles. The van der Waals surface area contributed by atoms with Crippen molar-refractivity contribution in [3.8, 4) is 17.1 Å². The number of methoxy groups -OCH3 is 1. The highest BCUT2D eigenvalue weighted by atomic mass is 16.5. The zero-order valence-corrected chi connectivity index (χ0v) is 15.1. The van der Waals surface area contributed by atoms with Crippen LogP contribution in [0.5, 0.6) is 5.75 Å². The first kappa shape index (κ1) is 17.7. The fourth-order valence-electron chi connectivity index (χ4n) is 2.48. The molecule has 134 valence electrons. The number of nitrogens with zero attached hydrogens (tertiary/aromatic N) is 2. The topological polar surface area (TPSA) is 77.3 Å². The third-order valence-corrected chi connectivity index (χ3v) is 4.21. The van der Waals surface area contributed by atoms with Crippen LogP contribution in [0.2, 0.25) is 0 Å². The number of carbonyl (C=O) groups excluding carboxylic acids is 1. The Labute approximate surface area is 152 Å². The molecule has 0 aliphatic carbocycles. The van der Waals surface area contributed by atoms with Crippen molar-refractivity contribution in [2.45, 2.75) is 20.3 Å². The van der Waals surface area contributed by atoms with Crippen molar-refractivity contribution < 1.29 is 14.1 Å². The van der Waals surface area contributed by atoms with E-state index in [2.05, 4.69) is 15.5 Å². The molecule has 0 unspecified atom stereocenters. The largest absolute Gasteiger partial charge is 0.497 e. The van der Waals surface area contributed by atoms with Crippen molar-refractivity contribution in [2.75, 3.05) is 13.7 Å². The molecule has 26 heavy (non-hydrogen) atoms. The van der Waals surface area contributed by atoms with Crippen molar-refractivity contribution >= 4 is 5.91 Å². The first-order chi connectivity index (χ1) is 12.6. The SMILES string of the molecule is COc1ccc(-c2noc(CCNC(=O)c3ccc(C)c(C)c3)n2)cc1. The van der Waals surface area contributed by atoms with Gasteiger partial charge in [0.2, 0.25) is 11.7 Å². The smallest absolute Gasteiger partial charge is 0.251 e. The highest BCUT2D eigenvalue weighted by Crippen LogP contribution is 2.19. The number of benzene rings is 2. The molecule has 1 heterocycles. The van der Waals surface area contributed by atoms with Crippen LogP contribution in [-0.4, -0.2) is 29.7 Å². The molecule has 0 fully saturated rings.